The van der Waals surface area contributed by atoms with Crippen LogP contribution in [0.4, 0.5) is 0 Å². The number of hydrogen-bond donors (Lipinski definition) is 1. The number of amides is 1. The van der Waals surface area contributed by atoms with E-state index in [2.05, 4.69) is 10.5 Å². The Morgan fingerprint density at radius 3 is 2.67 bits per heavy atom. The highest BCUT2D eigenvalue weighted by Gasteiger charge is 2.03. The number of hydrogen-bond acceptors (Lipinski definition) is 3. The van der Waals surface area contributed by atoms with E-state index < -0.39 is 0 Å². The minimum Gasteiger partial charge on any atom is -0.484 e. The van der Waals surface area contributed by atoms with Crippen molar-refractivity contribution in [3.8, 4) is 5.75 Å². The maximum Gasteiger partial charge on any atom is 0.277 e. The van der Waals surface area contributed by atoms with E-state index in [9.17, 15) is 4.79 Å². The zero-order valence-corrected chi connectivity index (χ0v) is 12.4. The van der Waals surface area contributed by atoms with Gasteiger partial charge in [-0.25, -0.2) is 5.43 Å². The lowest BCUT2D eigenvalue weighted by Gasteiger charge is -2.04. The Morgan fingerprint density at radius 1 is 1.14 bits per heavy atom. The molecule has 0 spiro atoms. The van der Waals surface area contributed by atoms with Crippen LogP contribution in [0.5, 0.6) is 5.75 Å². The van der Waals surface area contributed by atoms with Crippen LogP contribution >= 0.6 is 23.2 Å². The fourth-order valence-corrected chi connectivity index (χ4v) is 1.85. The fraction of sp³-hybridized carbons (Fsp3) is 0.0667. The summed E-state index contributed by atoms with van der Waals surface area (Å²) < 4.78 is 5.28. The van der Waals surface area contributed by atoms with E-state index in [0.717, 1.165) is 0 Å². The monoisotopic (exact) mass is 322 g/mol. The average Bonchev–Trinajstić information content (AvgIpc) is 2.50. The van der Waals surface area contributed by atoms with Crippen LogP contribution in [-0.2, 0) is 4.79 Å². The van der Waals surface area contributed by atoms with Gasteiger partial charge in [0, 0.05) is 5.56 Å². The van der Waals surface area contributed by atoms with Crippen LogP contribution in [0.25, 0.3) is 0 Å². The molecule has 0 fully saturated rings. The number of carbonyl (C=O) groups is 1. The van der Waals surface area contributed by atoms with Crippen molar-refractivity contribution >= 4 is 35.3 Å². The summed E-state index contributed by atoms with van der Waals surface area (Å²) in [6.07, 6.45) is 1.43. The highest BCUT2D eigenvalue weighted by molar-refractivity contribution is 6.43. The standard InChI is InChI=1S/C15H12Cl2N2O2/c16-13-8-4-5-11(15(13)17)9-18-19-14(20)10-21-12-6-2-1-3-7-12/h1-9H,10H2,(H,19,20)/b18-9-. The van der Waals surface area contributed by atoms with E-state index in [0.29, 0.717) is 21.4 Å². The van der Waals surface area contributed by atoms with Crippen LogP contribution in [0.1, 0.15) is 5.56 Å². The molecule has 0 aromatic heterocycles. The molecule has 0 heterocycles. The zero-order chi connectivity index (χ0) is 15.1. The predicted octanol–water partition coefficient (Wildman–Crippen LogP) is 3.52. The van der Waals surface area contributed by atoms with E-state index in [1.165, 1.54) is 6.21 Å². The fourth-order valence-electron chi connectivity index (χ4n) is 1.49. The van der Waals surface area contributed by atoms with Crippen molar-refractivity contribution in [2.75, 3.05) is 6.61 Å². The normalized spacial score (nSPS) is 10.6. The quantitative estimate of drug-likeness (QED) is 0.676. The van der Waals surface area contributed by atoms with Crippen LogP contribution in [0.2, 0.25) is 10.0 Å². The molecule has 0 saturated carbocycles. The van der Waals surface area contributed by atoms with Crippen molar-refractivity contribution in [1.29, 1.82) is 0 Å². The van der Waals surface area contributed by atoms with Gasteiger partial charge in [-0.15, -0.1) is 0 Å². The molecule has 1 amide bonds. The molecule has 21 heavy (non-hydrogen) atoms. The highest BCUT2D eigenvalue weighted by Crippen LogP contribution is 2.24. The molecule has 0 saturated heterocycles. The second kappa shape index (κ2) is 7.67. The summed E-state index contributed by atoms with van der Waals surface area (Å²) in [4.78, 5) is 11.5. The summed E-state index contributed by atoms with van der Waals surface area (Å²) in [5.74, 6) is 0.253. The molecule has 2 aromatic carbocycles. The van der Waals surface area contributed by atoms with Crippen molar-refractivity contribution in [3.05, 3.63) is 64.1 Å². The van der Waals surface area contributed by atoms with Crippen molar-refractivity contribution in [3.63, 3.8) is 0 Å². The third-order valence-corrected chi connectivity index (χ3v) is 3.32. The van der Waals surface area contributed by atoms with Gasteiger partial charge in [-0.2, -0.15) is 5.10 Å². The molecule has 2 aromatic rings. The Morgan fingerprint density at radius 2 is 1.90 bits per heavy atom. The Hall–Kier alpha value is -2.04. The molecular weight excluding hydrogens is 311 g/mol. The summed E-state index contributed by atoms with van der Waals surface area (Å²) in [5, 5.41) is 4.62. The van der Waals surface area contributed by atoms with E-state index in [4.69, 9.17) is 27.9 Å². The Kier molecular flexibility index (Phi) is 5.60. The van der Waals surface area contributed by atoms with Gasteiger partial charge in [-0.05, 0) is 18.2 Å². The van der Waals surface area contributed by atoms with E-state index in [-0.39, 0.29) is 12.5 Å². The van der Waals surface area contributed by atoms with Crippen LogP contribution in [0.3, 0.4) is 0 Å². The maximum atomic E-state index is 11.5. The second-order valence-corrected chi connectivity index (χ2v) is 4.82. The maximum absolute atomic E-state index is 11.5. The van der Waals surface area contributed by atoms with Gasteiger partial charge in [0.1, 0.15) is 5.75 Å². The molecule has 0 atom stereocenters. The summed E-state index contributed by atoms with van der Waals surface area (Å²) in [5.41, 5.74) is 2.97. The zero-order valence-electron chi connectivity index (χ0n) is 10.9. The number of hydrazone groups is 1. The first-order valence-electron chi connectivity index (χ1n) is 6.10. The topological polar surface area (TPSA) is 50.7 Å². The summed E-state index contributed by atoms with van der Waals surface area (Å²) in [6.45, 7) is -0.120. The number of halogens is 2. The second-order valence-electron chi connectivity index (χ2n) is 4.04. The van der Waals surface area contributed by atoms with Crippen molar-refractivity contribution in [2.24, 2.45) is 5.10 Å². The minimum absolute atomic E-state index is 0.120. The van der Waals surface area contributed by atoms with Gasteiger partial charge >= 0.3 is 0 Å². The van der Waals surface area contributed by atoms with Gasteiger partial charge in [0.15, 0.2) is 6.61 Å². The summed E-state index contributed by atoms with van der Waals surface area (Å²) >= 11 is 11.9. The van der Waals surface area contributed by atoms with Crippen LogP contribution in [-0.4, -0.2) is 18.7 Å². The Balaban J connectivity index is 1.83. The largest absolute Gasteiger partial charge is 0.484 e. The first-order chi connectivity index (χ1) is 10.2. The number of para-hydroxylation sites is 1. The molecule has 1 N–H and O–H groups in total. The molecule has 0 aliphatic rings. The summed E-state index contributed by atoms with van der Waals surface area (Å²) in [7, 11) is 0. The third kappa shape index (κ3) is 4.77. The van der Waals surface area contributed by atoms with Gasteiger partial charge in [0.2, 0.25) is 0 Å². The number of benzene rings is 2. The highest BCUT2D eigenvalue weighted by atomic mass is 35.5. The molecular formula is C15H12Cl2N2O2. The smallest absolute Gasteiger partial charge is 0.277 e. The predicted molar refractivity (Wildman–Crippen MR) is 84.1 cm³/mol. The number of rotatable bonds is 5. The Bertz CT molecular complexity index is 645. The SMILES string of the molecule is O=C(COc1ccccc1)N/N=C\c1cccc(Cl)c1Cl. The molecule has 0 bridgehead atoms. The minimum atomic E-state index is -0.367. The molecule has 0 radical (unpaired) electrons. The van der Waals surface area contributed by atoms with E-state index in [1.807, 2.05) is 18.2 Å². The van der Waals surface area contributed by atoms with E-state index >= 15 is 0 Å². The van der Waals surface area contributed by atoms with Gasteiger partial charge in [-0.1, -0.05) is 53.5 Å². The molecule has 0 unspecified atom stereocenters. The van der Waals surface area contributed by atoms with Gasteiger partial charge in [-0.3, -0.25) is 4.79 Å². The number of ether oxygens (including phenoxy) is 1. The first kappa shape index (κ1) is 15.4. The van der Waals surface area contributed by atoms with Crippen molar-refractivity contribution in [2.45, 2.75) is 0 Å². The Labute approximate surface area is 132 Å². The van der Waals surface area contributed by atoms with Gasteiger partial charge < -0.3 is 4.74 Å². The number of nitrogens with zero attached hydrogens (tertiary/aromatic N) is 1. The molecule has 0 aliphatic heterocycles. The van der Waals surface area contributed by atoms with Crippen LogP contribution in [0.15, 0.2) is 53.6 Å². The van der Waals surface area contributed by atoms with Gasteiger partial charge in [0.05, 0.1) is 16.3 Å². The summed E-state index contributed by atoms with van der Waals surface area (Å²) in [6, 6.07) is 14.2. The van der Waals surface area contributed by atoms with Crippen molar-refractivity contribution < 1.29 is 9.53 Å². The number of nitrogens with one attached hydrogen (secondary N) is 1. The molecule has 4 nitrogen and oxygen atoms in total. The number of carbonyl (C=O) groups excluding carboxylic acids is 1. The first-order valence-corrected chi connectivity index (χ1v) is 6.86. The lowest BCUT2D eigenvalue weighted by molar-refractivity contribution is -0.123. The van der Waals surface area contributed by atoms with Crippen LogP contribution in [0, 0.1) is 0 Å². The lowest BCUT2D eigenvalue weighted by Crippen LogP contribution is -2.24. The van der Waals surface area contributed by atoms with Crippen LogP contribution < -0.4 is 10.2 Å². The third-order valence-electron chi connectivity index (χ3n) is 2.49. The molecule has 2 rings (SSSR count). The van der Waals surface area contributed by atoms with Crippen molar-refractivity contribution in [1.82, 2.24) is 5.43 Å². The van der Waals surface area contributed by atoms with Gasteiger partial charge in [0.25, 0.3) is 5.91 Å². The molecule has 0 aliphatic carbocycles. The van der Waals surface area contributed by atoms with E-state index in [1.54, 1.807) is 30.3 Å². The average molecular weight is 323 g/mol. The molecule has 6 heteroatoms. The lowest BCUT2D eigenvalue weighted by atomic mass is 10.2. The molecule has 108 valence electrons.